The smallest absolute Gasteiger partial charge is 0.416 e. The molecule has 0 aromatic heterocycles. The number of carbonyl (C=O) groups excluding carboxylic acids is 2. The van der Waals surface area contributed by atoms with Crippen molar-refractivity contribution in [3.63, 3.8) is 0 Å². The van der Waals surface area contributed by atoms with Gasteiger partial charge in [-0.05, 0) is 59.0 Å². The predicted octanol–water partition coefficient (Wildman–Crippen LogP) is 6.34. The summed E-state index contributed by atoms with van der Waals surface area (Å²) in [5, 5.41) is 21.6. The summed E-state index contributed by atoms with van der Waals surface area (Å²) in [6.45, 7) is 5.87. The maximum absolute atomic E-state index is 13.5. The van der Waals surface area contributed by atoms with Gasteiger partial charge in [0.2, 0.25) is 0 Å². The second-order valence-electron chi connectivity index (χ2n) is 9.98. The van der Waals surface area contributed by atoms with Gasteiger partial charge in [-0.25, -0.2) is 0 Å². The highest BCUT2D eigenvalue weighted by Crippen LogP contribution is 2.45. The molecular weight excluding hydrogens is 499 g/mol. The molecule has 1 heterocycles. The van der Waals surface area contributed by atoms with Crippen LogP contribution in [0, 0.1) is 0 Å². The average molecular weight is 526 g/mol. The van der Waals surface area contributed by atoms with E-state index in [1.165, 1.54) is 37.4 Å². The number of amides is 1. The number of phenolic OH excluding ortho intramolecular Hbond substituents is 1. The SMILES string of the molecule is COc1ccc(C(C)(C)C)cc1/C(O)=C1\C(=O)C(=O)N(c2cccc(C(F)(F)F)c2)C1c1cccc(O)c1. The molecular formula is C29H26F3NO5. The van der Waals surface area contributed by atoms with Crippen molar-refractivity contribution in [1.29, 1.82) is 0 Å². The van der Waals surface area contributed by atoms with Gasteiger partial charge in [0, 0.05) is 5.69 Å². The van der Waals surface area contributed by atoms with Crippen molar-refractivity contribution in [3.05, 3.63) is 94.6 Å². The minimum Gasteiger partial charge on any atom is -0.508 e. The second-order valence-corrected chi connectivity index (χ2v) is 9.98. The topological polar surface area (TPSA) is 87.1 Å². The highest BCUT2D eigenvalue weighted by molar-refractivity contribution is 6.51. The van der Waals surface area contributed by atoms with Crippen molar-refractivity contribution in [3.8, 4) is 11.5 Å². The molecule has 0 bridgehead atoms. The molecule has 3 aromatic carbocycles. The summed E-state index contributed by atoms with van der Waals surface area (Å²) in [6, 6.07) is 13.4. The maximum atomic E-state index is 13.5. The summed E-state index contributed by atoms with van der Waals surface area (Å²) in [5.41, 5.74) is -0.712. The molecule has 1 unspecified atom stereocenters. The molecule has 1 fully saturated rings. The lowest BCUT2D eigenvalue weighted by molar-refractivity contribution is -0.137. The summed E-state index contributed by atoms with van der Waals surface area (Å²) in [7, 11) is 1.39. The molecule has 1 atom stereocenters. The number of hydrogen-bond acceptors (Lipinski definition) is 5. The largest absolute Gasteiger partial charge is 0.508 e. The van der Waals surface area contributed by atoms with E-state index in [1.807, 2.05) is 26.8 Å². The molecule has 1 amide bonds. The monoisotopic (exact) mass is 525 g/mol. The standard InChI is InChI=1S/C29H26F3NO5/c1-28(2,3)17-11-12-22(38-4)21(15-17)25(35)23-24(16-7-5-10-20(34)13-16)33(27(37)26(23)36)19-9-6-8-18(14-19)29(30,31)32/h5-15,24,34-35H,1-4H3/b25-23+. The quantitative estimate of drug-likeness (QED) is 0.236. The molecule has 0 spiro atoms. The number of hydrogen-bond donors (Lipinski definition) is 2. The van der Waals surface area contributed by atoms with Gasteiger partial charge in [-0.3, -0.25) is 14.5 Å². The molecule has 0 aliphatic carbocycles. The first-order chi connectivity index (χ1) is 17.7. The van der Waals surface area contributed by atoms with Gasteiger partial charge in [0.1, 0.15) is 17.3 Å². The van der Waals surface area contributed by atoms with Gasteiger partial charge in [0.05, 0.1) is 29.9 Å². The number of aliphatic hydroxyl groups is 1. The van der Waals surface area contributed by atoms with Crippen LogP contribution in [0.1, 0.15) is 49.1 Å². The summed E-state index contributed by atoms with van der Waals surface area (Å²) < 4.78 is 45.8. The Morgan fingerprint density at radius 2 is 1.61 bits per heavy atom. The van der Waals surface area contributed by atoms with Crippen molar-refractivity contribution >= 4 is 23.1 Å². The molecule has 0 radical (unpaired) electrons. The number of Topliss-reactive ketones (excluding diaryl/α,β-unsaturated/α-hetero) is 1. The number of ketones is 1. The van der Waals surface area contributed by atoms with Crippen LogP contribution in [0.2, 0.25) is 0 Å². The highest BCUT2D eigenvalue weighted by Gasteiger charge is 2.48. The van der Waals surface area contributed by atoms with E-state index in [9.17, 15) is 33.0 Å². The fourth-order valence-corrected chi connectivity index (χ4v) is 4.45. The molecule has 1 aliphatic rings. The first-order valence-corrected chi connectivity index (χ1v) is 11.7. The number of aromatic hydroxyl groups is 1. The van der Waals surface area contributed by atoms with E-state index >= 15 is 0 Å². The zero-order chi connectivity index (χ0) is 28.0. The van der Waals surface area contributed by atoms with Crippen LogP contribution in [0.5, 0.6) is 11.5 Å². The van der Waals surface area contributed by atoms with Gasteiger partial charge in [-0.15, -0.1) is 0 Å². The van der Waals surface area contributed by atoms with Crippen molar-refractivity contribution in [2.45, 2.75) is 38.4 Å². The number of phenols is 1. The number of alkyl halides is 3. The number of carbonyl (C=O) groups is 2. The van der Waals surface area contributed by atoms with Gasteiger partial charge >= 0.3 is 6.18 Å². The maximum Gasteiger partial charge on any atom is 0.416 e. The van der Waals surface area contributed by atoms with Gasteiger partial charge in [0.25, 0.3) is 11.7 Å². The number of anilines is 1. The van der Waals surface area contributed by atoms with Gasteiger partial charge in [-0.2, -0.15) is 13.2 Å². The average Bonchev–Trinajstić information content (AvgIpc) is 3.12. The van der Waals surface area contributed by atoms with E-state index < -0.39 is 35.2 Å². The molecule has 198 valence electrons. The molecule has 6 nitrogen and oxygen atoms in total. The number of aliphatic hydroxyl groups excluding tert-OH is 1. The van der Waals surface area contributed by atoms with Gasteiger partial charge in [0.15, 0.2) is 0 Å². The van der Waals surface area contributed by atoms with E-state index in [-0.39, 0.29) is 39.3 Å². The minimum atomic E-state index is -4.69. The minimum absolute atomic E-state index is 0.145. The van der Waals surface area contributed by atoms with Crippen LogP contribution >= 0.6 is 0 Å². The second kappa shape index (κ2) is 9.55. The van der Waals surface area contributed by atoms with Crippen LogP contribution in [-0.4, -0.2) is 29.0 Å². The highest BCUT2D eigenvalue weighted by atomic mass is 19.4. The molecule has 1 saturated heterocycles. The van der Waals surface area contributed by atoms with E-state index in [2.05, 4.69) is 0 Å². The van der Waals surface area contributed by atoms with Crippen LogP contribution in [0.25, 0.3) is 5.76 Å². The first kappa shape index (κ1) is 26.8. The van der Waals surface area contributed by atoms with Crippen LogP contribution < -0.4 is 9.64 Å². The fourth-order valence-electron chi connectivity index (χ4n) is 4.45. The Hall–Kier alpha value is -4.27. The van der Waals surface area contributed by atoms with Crippen molar-refractivity contribution in [2.24, 2.45) is 0 Å². The van der Waals surface area contributed by atoms with Crippen molar-refractivity contribution < 1.29 is 37.7 Å². The zero-order valence-corrected chi connectivity index (χ0v) is 21.1. The Morgan fingerprint density at radius 3 is 2.21 bits per heavy atom. The zero-order valence-electron chi connectivity index (χ0n) is 21.1. The Labute approximate surface area is 217 Å². The van der Waals surface area contributed by atoms with Crippen LogP contribution in [-0.2, 0) is 21.2 Å². The fraction of sp³-hybridized carbons (Fsp3) is 0.241. The summed E-state index contributed by atoms with van der Waals surface area (Å²) in [4.78, 5) is 27.6. The van der Waals surface area contributed by atoms with E-state index in [0.29, 0.717) is 0 Å². The number of nitrogens with zero attached hydrogens (tertiary/aromatic N) is 1. The van der Waals surface area contributed by atoms with E-state index in [0.717, 1.165) is 28.7 Å². The number of methoxy groups -OCH3 is 1. The number of rotatable bonds is 4. The Kier molecular flexibility index (Phi) is 6.73. The van der Waals surface area contributed by atoms with E-state index in [1.54, 1.807) is 12.1 Å². The van der Waals surface area contributed by atoms with E-state index in [4.69, 9.17) is 4.74 Å². The number of ether oxygens (including phenoxy) is 1. The lowest BCUT2D eigenvalue weighted by Gasteiger charge is -2.26. The Balaban J connectivity index is 2.01. The molecule has 3 aromatic rings. The first-order valence-electron chi connectivity index (χ1n) is 11.7. The molecule has 0 saturated carbocycles. The summed E-state index contributed by atoms with van der Waals surface area (Å²) in [5.74, 6) is -2.71. The third-order valence-electron chi connectivity index (χ3n) is 6.40. The lowest BCUT2D eigenvalue weighted by Crippen LogP contribution is -2.29. The van der Waals surface area contributed by atoms with Gasteiger partial charge in [-0.1, -0.05) is 45.0 Å². The molecule has 4 rings (SSSR count). The van der Waals surface area contributed by atoms with Crippen molar-refractivity contribution in [1.82, 2.24) is 0 Å². The Bertz CT molecular complexity index is 1450. The third-order valence-corrected chi connectivity index (χ3v) is 6.40. The normalized spacial score (nSPS) is 17.7. The Morgan fingerprint density at radius 1 is 0.921 bits per heavy atom. The van der Waals surface area contributed by atoms with Crippen molar-refractivity contribution in [2.75, 3.05) is 12.0 Å². The van der Waals surface area contributed by atoms with Crippen LogP contribution in [0.3, 0.4) is 0 Å². The molecule has 2 N–H and O–H groups in total. The van der Waals surface area contributed by atoms with Gasteiger partial charge < -0.3 is 14.9 Å². The molecule has 9 heteroatoms. The lowest BCUT2D eigenvalue weighted by atomic mass is 9.85. The third kappa shape index (κ3) is 4.83. The summed E-state index contributed by atoms with van der Waals surface area (Å²) in [6.07, 6.45) is -4.69. The molecule has 1 aliphatic heterocycles. The van der Waals surface area contributed by atoms with Crippen LogP contribution in [0.4, 0.5) is 18.9 Å². The number of halogens is 3. The molecule has 38 heavy (non-hydrogen) atoms. The predicted molar refractivity (Wildman–Crippen MR) is 136 cm³/mol. The van der Waals surface area contributed by atoms with Crippen LogP contribution in [0.15, 0.2) is 72.3 Å². The number of benzene rings is 3. The summed E-state index contributed by atoms with van der Waals surface area (Å²) >= 11 is 0.